The Labute approximate surface area is 158 Å². The molecular formula is C21H26N4O2. The summed E-state index contributed by atoms with van der Waals surface area (Å²) < 4.78 is 5.81. The highest BCUT2D eigenvalue weighted by molar-refractivity contribution is 5.96. The molecule has 6 nitrogen and oxygen atoms in total. The second-order valence-electron chi connectivity index (χ2n) is 8.29. The molecule has 2 aliphatic carbocycles. The molecule has 3 aliphatic rings. The van der Waals surface area contributed by atoms with Crippen molar-refractivity contribution in [2.75, 3.05) is 5.32 Å². The van der Waals surface area contributed by atoms with Gasteiger partial charge in [-0.25, -0.2) is 4.99 Å². The number of carbonyl (C=O) groups is 1. The van der Waals surface area contributed by atoms with Gasteiger partial charge in [0, 0.05) is 6.42 Å². The van der Waals surface area contributed by atoms with Crippen LogP contribution >= 0.6 is 0 Å². The number of hydrogen-bond donors (Lipinski definition) is 2. The molecule has 0 radical (unpaired) electrons. The number of ketones is 1. The molecule has 2 aromatic rings. The summed E-state index contributed by atoms with van der Waals surface area (Å²) in [7, 11) is 0. The molecule has 1 aliphatic heterocycles. The molecule has 142 valence electrons. The lowest BCUT2D eigenvalue weighted by Gasteiger charge is -2.46. The molecule has 0 amide bonds. The fourth-order valence-corrected chi connectivity index (χ4v) is 5.37. The zero-order valence-corrected chi connectivity index (χ0v) is 15.7. The molecule has 2 N–H and O–H groups in total. The van der Waals surface area contributed by atoms with E-state index in [1.54, 1.807) is 0 Å². The summed E-state index contributed by atoms with van der Waals surface area (Å²) >= 11 is 0. The van der Waals surface area contributed by atoms with E-state index in [-0.39, 0.29) is 17.5 Å². The second-order valence-corrected chi connectivity index (χ2v) is 8.29. The molecular weight excluding hydrogens is 340 g/mol. The lowest BCUT2D eigenvalue weighted by molar-refractivity contribution is -0.128. The summed E-state index contributed by atoms with van der Waals surface area (Å²) in [4.78, 5) is 22.2. The van der Waals surface area contributed by atoms with Gasteiger partial charge in [0.2, 0.25) is 0 Å². The van der Waals surface area contributed by atoms with Gasteiger partial charge >= 0.3 is 6.01 Å². The maximum Gasteiger partial charge on any atom is 0.302 e. The number of nitrogens with zero attached hydrogens (tertiary/aromatic N) is 2. The average molecular weight is 366 g/mol. The van der Waals surface area contributed by atoms with Gasteiger partial charge in [0.15, 0.2) is 11.5 Å². The molecule has 2 fully saturated rings. The van der Waals surface area contributed by atoms with E-state index in [9.17, 15) is 4.79 Å². The van der Waals surface area contributed by atoms with Crippen molar-refractivity contribution in [1.29, 1.82) is 0 Å². The minimum atomic E-state index is -0.168. The topological polar surface area (TPSA) is 79.5 Å². The molecule has 0 saturated heterocycles. The summed E-state index contributed by atoms with van der Waals surface area (Å²) in [6.07, 6.45) is 7.04. The Kier molecular flexibility index (Phi) is 3.95. The Morgan fingerprint density at radius 1 is 1.33 bits per heavy atom. The average Bonchev–Trinajstić information content (AvgIpc) is 3.25. The first kappa shape index (κ1) is 16.8. The van der Waals surface area contributed by atoms with E-state index in [0.29, 0.717) is 30.1 Å². The molecule has 1 aromatic carbocycles. The predicted molar refractivity (Wildman–Crippen MR) is 105 cm³/mol. The third-order valence-electron chi connectivity index (χ3n) is 6.66. The molecule has 4 unspecified atom stereocenters. The number of aromatic nitrogens is 1. The highest BCUT2D eigenvalue weighted by atomic mass is 16.4. The van der Waals surface area contributed by atoms with Crippen molar-refractivity contribution in [2.45, 2.75) is 63.5 Å². The van der Waals surface area contributed by atoms with Crippen molar-refractivity contribution < 1.29 is 9.21 Å². The Morgan fingerprint density at radius 3 is 3.04 bits per heavy atom. The maximum atomic E-state index is 12.8. The third kappa shape index (κ3) is 2.82. The number of aliphatic imine (C=N–C) groups is 1. The summed E-state index contributed by atoms with van der Waals surface area (Å²) in [6.45, 7) is 2.25. The van der Waals surface area contributed by atoms with Gasteiger partial charge in [-0.1, -0.05) is 25.5 Å². The van der Waals surface area contributed by atoms with Gasteiger partial charge in [-0.2, -0.15) is 4.98 Å². The third-order valence-corrected chi connectivity index (χ3v) is 6.66. The van der Waals surface area contributed by atoms with Crippen molar-refractivity contribution in [3.8, 4) is 0 Å². The standard InChI is InChI=1S/C21H26N4O2/c1-2-13-10-11-21(12-13)18-15(7-5-8-16(18)26)22-19(25-21)24-20-23-14-6-3-4-9-17(14)27-20/h3-4,6,9,13,15,18H,2,5,7-8,10-12H2,1H3,(H2,22,23,24,25). The number of guanidine groups is 1. The van der Waals surface area contributed by atoms with Crippen LogP contribution in [0.25, 0.3) is 11.1 Å². The van der Waals surface area contributed by atoms with Crippen molar-refractivity contribution >= 4 is 28.9 Å². The van der Waals surface area contributed by atoms with E-state index >= 15 is 0 Å². The lowest BCUT2D eigenvalue weighted by Crippen LogP contribution is -2.63. The maximum absolute atomic E-state index is 12.8. The van der Waals surface area contributed by atoms with Gasteiger partial charge in [-0.05, 0) is 50.2 Å². The van der Waals surface area contributed by atoms with Crippen LogP contribution in [0.2, 0.25) is 0 Å². The summed E-state index contributed by atoms with van der Waals surface area (Å²) in [5.74, 6) is 1.78. The first-order valence-electron chi connectivity index (χ1n) is 10.2. The van der Waals surface area contributed by atoms with Crippen LogP contribution in [0.3, 0.4) is 0 Å². The number of fused-ring (bicyclic) bond motifs is 3. The van der Waals surface area contributed by atoms with Crippen LogP contribution in [-0.2, 0) is 4.79 Å². The molecule has 4 atom stereocenters. The fourth-order valence-electron chi connectivity index (χ4n) is 5.37. The van der Waals surface area contributed by atoms with Gasteiger partial charge in [0.1, 0.15) is 11.3 Å². The molecule has 5 rings (SSSR count). The number of nitrogens with one attached hydrogen (secondary N) is 2. The van der Waals surface area contributed by atoms with E-state index in [1.807, 2.05) is 24.3 Å². The predicted octanol–water partition coefficient (Wildman–Crippen LogP) is 3.89. The van der Waals surface area contributed by atoms with Crippen LogP contribution < -0.4 is 10.6 Å². The van der Waals surface area contributed by atoms with Gasteiger partial charge < -0.3 is 9.73 Å². The molecule has 2 heterocycles. The van der Waals surface area contributed by atoms with E-state index in [4.69, 9.17) is 9.41 Å². The molecule has 0 bridgehead atoms. The minimum absolute atomic E-state index is 0.0111. The van der Waals surface area contributed by atoms with Crippen LogP contribution in [0.4, 0.5) is 6.01 Å². The highest BCUT2D eigenvalue weighted by Crippen LogP contribution is 2.47. The summed E-state index contributed by atoms with van der Waals surface area (Å²) in [5.41, 5.74) is 1.41. The van der Waals surface area contributed by atoms with Crippen molar-refractivity contribution in [1.82, 2.24) is 10.3 Å². The minimum Gasteiger partial charge on any atom is -0.423 e. The SMILES string of the molecule is CCC1CCC2(C1)NC(Nc1nc3ccccc3o1)=NC1CCCC(=O)C12. The zero-order valence-electron chi connectivity index (χ0n) is 15.7. The van der Waals surface area contributed by atoms with Crippen LogP contribution in [0, 0.1) is 11.8 Å². The van der Waals surface area contributed by atoms with E-state index in [0.717, 1.165) is 36.8 Å². The number of para-hydroxylation sites is 2. The van der Waals surface area contributed by atoms with Crippen LogP contribution in [-0.4, -0.2) is 28.3 Å². The number of hydrogen-bond acceptors (Lipinski definition) is 6. The largest absolute Gasteiger partial charge is 0.423 e. The van der Waals surface area contributed by atoms with E-state index < -0.39 is 0 Å². The Bertz CT molecular complexity index is 871. The van der Waals surface area contributed by atoms with E-state index in [2.05, 4.69) is 22.5 Å². The quantitative estimate of drug-likeness (QED) is 0.843. The number of Topliss-reactive ketones (excluding diaryl/α,β-unsaturated/α-hetero) is 1. The van der Waals surface area contributed by atoms with Crippen molar-refractivity contribution in [2.24, 2.45) is 16.8 Å². The zero-order chi connectivity index (χ0) is 18.4. The number of rotatable bonds is 2. The Hall–Kier alpha value is -2.37. The first-order chi connectivity index (χ1) is 13.2. The number of carbonyl (C=O) groups excluding carboxylic acids is 1. The number of anilines is 1. The van der Waals surface area contributed by atoms with Crippen molar-refractivity contribution in [3.63, 3.8) is 0 Å². The molecule has 2 saturated carbocycles. The molecule has 6 heteroatoms. The molecule has 27 heavy (non-hydrogen) atoms. The van der Waals surface area contributed by atoms with Gasteiger partial charge in [-0.15, -0.1) is 0 Å². The van der Waals surface area contributed by atoms with Gasteiger partial charge in [0.05, 0.1) is 17.5 Å². The van der Waals surface area contributed by atoms with Crippen LogP contribution in [0.1, 0.15) is 51.9 Å². The van der Waals surface area contributed by atoms with Crippen LogP contribution in [0.5, 0.6) is 0 Å². The van der Waals surface area contributed by atoms with Gasteiger partial charge in [0.25, 0.3) is 0 Å². The summed E-state index contributed by atoms with van der Waals surface area (Å²) in [5, 5.41) is 6.89. The Balaban J connectivity index is 1.46. The second kappa shape index (κ2) is 6.36. The fraction of sp³-hybridized carbons (Fsp3) is 0.571. The van der Waals surface area contributed by atoms with Crippen LogP contribution in [0.15, 0.2) is 33.7 Å². The number of benzene rings is 1. The van der Waals surface area contributed by atoms with Gasteiger partial charge in [-0.3, -0.25) is 10.1 Å². The normalized spacial score (nSPS) is 33.0. The molecule has 1 spiro atoms. The lowest BCUT2D eigenvalue weighted by atomic mass is 9.69. The first-order valence-corrected chi connectivity index (χ1v) is 10.2. The Morgan fingerprint density at radius 2 is 2.22 bits per heavy atom. The summed E-state index contributed by atoms with van der Waals surface area (Å²) in [6, 6.07) is 8.23. The number of oxazole rings is 1. The highest BCUT2D eigenvalue weighted by Gasteiger charge is 2.54. The van der Waals surface area contributed by atoms with Crippen molar-refractivity contribution in [3.05, 3.63) is 24.3 Å². The molecule has 1 aromatic heterocycles. The monoisotopic (exact) mass is 366 g/mol. The smallest absolute Gasteiger partial charge is 0.302 e. The van der Waals surface area contributed by atoms with E-state index in [1.165, 1.54) is 12.8 Å².